The fourth-order valence-electron chi connectivity index (χ4n) is 8.73. The van der Waals surface area contributed by atoms with E-state index in [1.54, 1.807) is 0 Å². The van der Waals surface area contributed by atoms with E-state index in [1.165, 1.54) is 0 Å². The second-order valence-corrected chi connectivity index (χ2v) is 14.8. The average Bonchev–Trinajstić information content (AvgIpc) is 3.99. The molecule has 0 aliphatic heterocycles. The molecule has 0 unspecified atom stereocenters. The highest BCUT2D eigenvalue weighted by Gasteiger charge is 2.26. The third-order valence-electron chi connectivity index (χ3n) is 11.5. The Kier molecular flexibility index (Phi) is 7.20. The molecular formula is C54H33NO3. The standard InChI is InChI=1S/C54H33NO3/c1-4-13-34(14-5-1)37-23-26-42-45-33-39(25-30-49(45)56-50(42)31-37)55(47-21-12-20-43-41-19-10-11-22-48(41)57-53(43)47)46-29-28-40(36-17-8-3-9-18-36)54-52(46)44-27-24-38(32-51(44)58-54)35-15-6-2-7-16-35/h1-33H. The Morgan fingerprint density at radius 3 is 1.62 bits per heavy atom. The number of furan rings is 3. The van der Waals surface area contributed by atoms with Crippen molar-refractivity contribution in [2.75, 3.05) is 4.90 Å². The first kappa shape index (κ1) is 32.4. The Hall–Kier alpha value is -7.82. The predicted molar refractivity (Wildman–Crippen MR) is 239 cm³/mol. The third-order valence-corrected chi connectivity index (χ3v) is 11.5. The van der Waals surface area contributed by atoms with Gasteiger partial charge in [0.15, 0.2) is 5.58 Å². The lowest BCUT2D eigenvalue weighted by molar-refractivity contribution is 0.668. The van der Waals surface area contributed by atoms with Crippen molar-refractivity contribution >= 4 is 82.9 Å². The topological polar surface area (TPSA) is 42.7 Å². The van der Waals surface area contributed by atoms with Crippen molar-refractivity contribution in [3.8, 4) is 33.4 Å². The molecule has 9 aromatic carbocycles. The van der Waals surface area contributed by atoms with E-state index in [0.717, 1.165) is 116 Å². The zero-order chi connectivity index (χ0) is 38.2. The van der Waals surface area contributed by atoms with Crippen molar-refractivity contribution in [1.82, 2.24) is 0 Å². The van der Waals surface area contributed by atoms with Gasteiger partial charge in [-0.25, -0.2) is 0 Å². The van der Waals surface area contributed by atoms with Crippen molar-refractivity contribution in [2.45, 2.75) is 0 Å². The summed E-state index contributed by atoms with van der Waals surface area (Å²) in [6.07, 6.45) is 0. The van der Waals surface area contributed by atoms with E-state index in [-0.39, 0.29) is 0 Å². The third kappa shape index (κ3) is 5.09. The van der Waals surface area contributed by atoms with E-state index in [2.05, 4.69) is 175 Å². The first-order valence-electron chi connectivity index (χ1n) is 19.6. The Bertz CT molecular complexity index is 3500. The average molecular weight is 744 g/mol. The first-order valence-corrected chi connectivity index (χ1v) is 19.6. The molecule has 0 spiro atoms. The number of hydrogen-bond donors (Lipinski definition) is 0. The van der Waals surface area contributed by atoms with Crippen LogP contribution in [0.3, 0.4) is 0 Å². The van der Waals surface area contributed by atoms with Crippen molar-refractivity contribution in [3.63, 3.8) is 0 Å². The van der Waals surface area contributed by atoms with Crippen LogP contribution < -0.4 is 4.90 Å². The summed E-state index contributed by atoms with van der Waals surface area (Å²) in [4.78, 5) is 2.33. The van der Waals surface area contributed by atoms with Gasteiger partial charge in [-0.1, -0.05) is 133 Å². The van der Waals surface area contributed by atoms with Crippen molar-refractivity contribution < 1.29 is 13.3 Å². The SMILES string of the molecule is c1ccc(-c2ccc3c(c2)oc2ccc(N(c4cccc5c4oc4ccccc45)c4ccc(-c5ccccc5)c5oc6cc(-c7ccccc7)ccc6c45)cc23)cc1. The van der Waals surface area contributed by atoms with Crippen LogP contribution in [0.1, 0.15) is 0 Å². The second kappa shape index (κ2) is 12.9. The molecule has 0 aliphatic rings. The highest BCUT2D eigenvalue weighted by molar-refractivity contribution is 6.19. The van der Waals surface area contributed by atoms with Gasteiger partial charge in [0.2, 0.25) is 0 Å². The Labute approximate surface area is 333 Å². The van der Waals surface area contributed by atoms with Crippen LogP contribution in [0.25, 0.3) is 99.2 Å². The van der Waals surface area contributed by atoms with E-state index in [9.17, 15) is 0 Å². The van der Waals surface area contributed by atoms with Gasteiger partial charge in [-0.3, -0.25) is 0 Å². The molecular weight excluding hydrogens is 711 g/mol. The molecule has 0 bridgehead atoms. The van der Waals surface area contributed by atoms with Crippen LogP contribution in [0, 0.1) is 0 Å². The van der Waals surface area contributed by atoms with Crippen LogP contribution >= 0.6 is 0 Å². The molecule has 58 heavy (non-hydrogen) atoms. The molecule has 0 amide bonds. The lowest BCUT2D eigenvalue weighted by Crippen LogP contribution is -2.10. The second-order valence-electron chi connectivity index (χ2n) is 14.8. The van der Waals surface area contributed by atoms with Gasteiger partial charge in [-0.2, -0.15) is 0 Å². The van der Waals surface area contributed by atoms with Gasteiger partial charge in [0.25, 0.3) is 0 Å². The van der Waals surface area contributed by atoms with E-state index >= 15 is 0 Å². The summed E-state index contributed by atoms with van der Waals surface area (Å²) in [7, 11) is 0. The molecule has 4 heteroatoms. The number of benzene rings is 9. The summed E-state index contributed by atoms with van der Waals surface area (Å²) in [5, 5.41) is 6.29. The summed E-state index contributed by atoms with van der Waals surface area (Å²) in [6, 6.07) is 70.1. The summed E-state index contributed by atoms with van der Waals surface area (Å²) in [5.41, 5.74) is 14.5. The smallest absolute Gasteiger partial charge is 0.159 e. The minimum Gasteiger partial charge on any atom is -0.456 e. The lowest BCUT2D eigenvalue weighted by Gasteiger charge is -2.26. The van der Waals surface area contributed by atoms with Crippen LogP contribution in [-0.4, -0.2) is 0 Å². The molecule has 0 fully saturated rings. The summed E-state index contributed by atoms with van der Waals surface area (Å²) in [6.45, 7) is 0. The van der Waals surface area contributed by atoms with E-state index < -0.39 is 0 Å². The van der Waals surface area contributed by atoms with Gasteiger partial charge in [0.1, 0.15) is 27.9 Å². The minimum atomic E-state index is 0.813. The molecule has 3 heterocycles. The molecule has 12 aromatic rings. The number of nitrogens with zero attached hydrogens (tertiary/aromatic N) is 1. The first-order chi connectivity index (χ1) is 28.7. The van der Waals surface area contributed by atoms with Gasteiger partial charge in [0.05, 0.1) is 16.8 Å². The fraction of sp³-hybridized carbons (Fsp3) is 0. The normalized spacial score (nSPS) is 11.8. The maximum Gasteiger partial charge on any atom is 0.159 e. The molecule has 272 valence electrons. The summed E-state index contributed by atoms with van der Waals surface area (Å²) < 4.78 is 20.3. The molecule has 12 rings (SSSR count). The molecule has 0 radical (unpaired) electrons. The minimum absolute atomic E-state index is 0.813. The van der Waals surface area contributed by atoms with Crippen molar-refractivity contribution in [3.05, 3.63) is 200 Å². The monoisotopic (exact) mass is 743 g/mol. The van der Waals surface area contributed by atoms with Gasteiger partial charge in [0, 0.05) is 38.2 Å². The lowest BCUT2D eigenvalue weighted by atomic mass is 9.98. The van der Waals surface area contributed by atoms with Gasteiger partial charge in [-0.15, -0.1) is 0 Å². The van der Waals surface area contributed by atoms with Crippen molar-refractivity contribution in [1.29, 1.82) is 0 Å². The zero-order valence-corrected chi connectivity index (χ0v) is 31.2. The molecule has 0 N–H and O–H groups in total. The molecule has 0 aliphatic carbocycles. The van der Waals surface area contributed by atoms with E-state index in [1.807, 2.05) is 30.3 Å². The van der Waals surface area contributed by atoms with Crippen molar-refractivity contribution in [2.24, 2.45) is 0 Å². The Balaban J connectivity index is 1.14. The maximum atomic E-state index is 7.00. The highest BCUT2D eigenvalue weighted by atomic mass is 16.3. The number of fused-ring (bicyclic) bond motifs is 9. The van der Waals surface area contributed by atoms with E-state index in [0.29, 0.717) is 0 Å². The number of anilines is 3. The fourth-order valence-corrected chi connectivity index (χ4v) is 8.73. The molecule has 0 atom stereocenters. The summed E-state index contributed by atoms with van der Waals surface area (Å²) >= 11 is 0. The quantitative estimate of drug-likeness (QED) is 0.170. The molecule has 0 saturated heterocycles. The molecule has 3 aromatic heterocycles. The van der Waals surface area contributed by atoms with Crippen LogP contribution in [0.15, 0.2) is 213 Å². The number of rotatable bonds is 6. The Morgan fingerprint density at radius 2 is 0.879 bits per heavy atom. The van der Waals surface area contributed by atoms with Crippen LogP contribution in [0.4, 0.5) is 17.1 Å². The molecule has 0 saturated carbocycles. The number of hydrogen-bond acceptors (Lipinski definition) is 4. The zero-order valence-electron chi connectivity index (χ0n) is 31.2. The van der Waals surface area contributed by atoms with Gasteiger partial charge < -0.3 is 18.2 Å². The highest BCUT2D eigenvalue weighted by Crippen LogP contribution is 2.49. The van der Waals surface area contributed by atoms with Crippen LogP contribution in [0.5, 0.6) is 0 Å². The largest absolute Gasteiger partial charge is 0.456 e. The van der Waals surface area contributed by atoms with Gasteiger partial charge >= 0.3 is 0 Å². The van der Waals surface area contributed by atoms with Crippen LogP contribution in [0.2, 0.25) is 0 Å². The van der Waals surface area contributed by atoms with Gasteiger partial charge in [-0.05, 0) is 94.5 Å². The number of para-hydroxylation sites is 2. The predicted octanol–water partition coefficient (Wildman–Crippen LogP) is 15.9. The van der Waals surface area contributed by atoms with Crippen LogP contribution in [-0.2, 0) is 0 Å². The summed E-state index contributed by atoms with van der Waals surface area (Å²) in [5.74, 6) is 0. The maximum absolute atomic E-state index is 7.00. The Morgan fingerprint density at radius 1 is 0.293 bits per heavy atom. The molecule has 4 nitrogen and oxygen atoms in total. The van der Waals surface area contributed by atoms with E-state index in [4.69, 9.17) is 13.3 Å².